The number of hydrogen-bond donors (Lipinski definition) is 1. The van der Waals surface area contributed by atoms with Crippen LogP contribution in [0.1, 0.15) is 50.5 Å². The van der Waals surface area contributed by atoms with Gasteiger partial charge < -0.3 is 14.8 Å². The molecule has 0 radical (unpaired) electrons. The van der Waals surface area contributed by atoms with Crippen LogP contribution >= 0.6 is 0 Å². The molecule has 0 saturated heterocycles. The van der Waals surface area contributed by atoms with E-state index >= 15 is 0 Å². The van der Waals surface area contributed by atoms with E-state index in [2.05, 4.69) is 5.32 Å². The van der Waals surface area contributed by atoms with Crippen molar-refractivity contribution in [2.75, 3.05) is 7.11 Å². The molecule has 0 saturated carbocycles. The summed E-state index contributed by atoms with van der Waals surface area (Å²) in [5.74, 6) is -0.185. The van der Waals surface area contributed by atoms with Gasteiger partial charge in [-0.1, -0.05) is 38.1 Å². The monoisotopic (exact) mass is 333 g/mol. The SMILES string of the molecule is COC(=O)c1cccc(/C=C/[C@@H](NC(=O)OC(C)(C)C)C(C)C)c1. The van der Waals surface area contributed by atoms with Crippen molar-refractivity contribution in [3.8, 4) is 0 Å². The summed E-state index contributed by atoms with van der Waals surface area (Å²) in [6.07, 6.45) is 3.31. The second-order valence-corrected chi connectivity index (χ2v) is 6.89. The first kappa shape index (κ1) is 19.7. The molecule has 0 unspecified atom stereocenters. The smallest absolute Gasteiger partial charge is 0.408 e. The molecular weight excluding hydrogens is 306 g/mol. The van der Waals surface area contributed by atoms with Crippen molar-refractivity contribution in [2.45, 2.75) is 46.3 Å². The minimum Gasteiger partial charge on any atom is -0.465 e. The molecule has 132 valence electrons. The van der Waals surface area contributed by atoms with Gasteiger partial charge in [-0.25, -0.2) is 9.59 Å². The molecule has 1 aromatic carbocycles. The topological polar surface area (TPSA) is 64.6 Å². The zero-order chi connectivity index (χ0) is 18.3. The molecule has 1 aromatic rings. The average Bonchev–Trinajstić information content (AvgIpc) is 2.48. The van der Waals surface area contributed by atoms with Crippen molar-refractivity contribution in [1.82, 2.24) is 5.32 Å². The van der Waals surface area contributed by atoms with Gasteiger partial charge in [-0.3, -0.25) is 0 Å². The molecule has 1 amide bonds. The number of benzene rings is 1. The number of rotatable bonds is 5. The molecule has 0 fully saturated rings. The van der Waals surface area contributed by atoms with Crippen LogP contribution < -0.4 is 5.32 Å². The summed E-state index contributed by atoms with van der Waals surface area (Å²) >= 11 is 0. The van der Waals surface area contributed by atoms with E-state index in [0.717, 1.165) is 5.56 Å². The van der Waals surface area contributed by atoms with Gasteiger partial charge in [-0.15, -0.1) is 0 Å². The summed E-state index contributed by atoms with van der Waals surface area (Å²) in [7, 11) is 1.35. The van der Waals surface area contributed by atoms with Crippen LogP contribution in [0.3, 0.4) is 0 Å². The van der Waals surface area contributed by atoms with Gasteiger partial charge in [0.1, 0.15) is 5.60 Å². The third-order valence-electron chi connectivity index (χ3n) is 3.21. The Labute approximate surface area is 144 Å². The molecule has 0 aliphatic carbocycles. The maximum absolute atomic E-state index is 11.9. The highest BCUT2D eigenvalue weighted by Gasteiger charge is 2.19. The summed E-state index contributed by atoms with van der Waals surface area (Å²) < 4.78 is 10.0. The normalized spacial score (nSPS) is 13.0. The van der Waals surface area contributed by atoms with Crippen molar-refractivity contribution in [3.05, 3.63) is 41.5 Å². The molecule has 0 bridgehead atoms. The molecule has 0 aliphatic rings. The Morgan fingerprint density at radius 1 is 1.21 bits per heavy atom. The van der Waals surface area contributed by atoms with Crippen molar-refractivity contribution in [2.24, 2.45) is 5.92 Å². The van der Waals surface area contributed by atoms with Gasteiger partial charge in [0.2, 0.25) is 0 Å². The van der Waals surface area contributed by atoms with E-state index in [1.807, 2.05) is 52.8 Å². The minimum atomic E-state index is -0.538. The first-order valence-electron chi connectivity index (χ1n) is 7.98. The van der Waals surface area contributed by atoms with E-state index in [1.54, 1.807) is 18.2 Å². The molecule has 0 aromatic heterocycles. The molecule has 5 heteroatoms. The van der Waals surface area contributed by atoms with Gasteiger partial charge >= 0.3 is 12.1 Å². The summed E-state index contributed by atoms with van der Waals surface area (Å²) in [6, 6.07) is 6.93. The molecule has 1 N–H and O–H groups in total. The highest BCUT2D eigenvalue weighted by atomic mass is 16.6. The first-order chi connectivity index (χ1) is 11.1. The summed E-state index contributed by atoms with van der Waals surface area (Å²) in [5, 5.41) is 2.85. The maximum atomic E-state index is 11.9. The van der Waals surface area contributed by atoms with Crippen LogP contribution in [0.2, 0.25) is 0 Å². The largest absolute Gasteiger partial charge is 0.465 e. The van der Waals surface area contributed by atoms with Crippen molar-refractivity contribution in [3.63, 3.8) is 0 Å². The zero-order valence-electron chi connectivity index (χ0n) is 15.3. The van der Waals surface area contributed by atoms with Crippen molar-refractivity contribution in [1.29, 1.82) is 0 Å². The Kier molecular flexibility index (Phi) is 7.01. The molecule has 5 nitrogen and oxygen atoms in total. The van der Waals surface area contributed by atoms with E-state index in [0.29, 0.717) is 5.56 Å². The summed E-state index contributed by atoms with van der Waals surface area (Å²) in [5.41, 5.74) is 0.805. The number of hydrogen-bond acceptors (Lipinski definition) is 4. The van der Waals surface area contributed by atoms with Crippen LogP contribution in [0.15, 0.2) is 30.3 Å². The van der Waals surface area contributed by atoms with Gasteiger partial charge in [-0.05, 0) is 44.4 Å². The number of carbonyl (C=O) groups is 2. The zero-order valence-corrected chi connectivity index (χ0v) is 15.3. The highest BCUT2D eigenvalue weighted by Crippen LogP contribution is 2.12. The fourth-order valence-corrected chi connectivity index (χ4v) is 1.98. The number of amides is 1. The lowest BCUT2D eigenvalue weighted by atomic mass is 10.0. The number of ether oxygens (including phenoxy) is 2. The molecule has 0 spiro atoms. The van der Waals surface area contributed by atoms with Gasteiger partial charge in [0.15, 0.2) is 0 Å². The number of carbonyl (C=O) groups excluding carboxylic acids is 2. The molecule has 1 atom stereocenters. The number of methoxy groups -OCH3 is 1. The highest BCUT2D eigenvalue weighted by molar-refractivity contribution is 5.90. The van der Waals surface area contributed by atoms with Gasteiger partial charge in [0, 0.05) is 0 Å². The van der Waals surface area contributed by atoms with Crippen molar-refractivity contribution >= 4 is 18.1 Å². The molecular formula is C19H27NO4. The van der Waals surface area contributed by atoms with E-state index in [4.69, 9.17) is 9.47 Å². The van der Waals surface area contributed by atoms with Crippen LogP contribution in [0.5, 0.6) is 0 Å². The summed E-state index contributed by atoms with van der Waals surface area (Å²) in [6.45, 7) is 9.50. The lowest BCUT2D eigenvalue weighted by molar-refractivity contribution is 0.0503. The third kappa shape index (κ3) is 6.86. The number of nitrogens with one attached hydrogen (secondary N) is 1. The second-order valence-electron chi connectivity index (χ2n) is 6.89. The van der Waals surface area contributed by atoms with E-state index in [9.17, 15) is 9.59 Å². The number of alkyl carbamates (subject to hydrolysis) is 1. The minimum absolute atomic E-state index is 0.179. The van der Waals surface area contributed by atoms with Gasteiger partial charge in [0.05, 0.1) is 18.7 Å². The maximum Gasteiger partial charge on any atom is 0.408 e. The summed E-state index contributed by atoms with van der Waals surface area (Å²) in [4.78, 5) is 23.5. The standard InChI is InChI=1S/C19H27NO4/c1-13(2)16(20-18(22)24-19(3,4)5)11-10-14-8-7-9-15(12-14)17(21)23-6/h7-13,16H,1-6H3,(H,20,22)/b11-10+/t16-/m1/s1. The Bertz CT molecular complexity index is 600. The Balaban J connectivity index is 2.83. The average molecular weight is 333 g/mol. The molecule has 0 aliphatic heterocycles. The number of esters is 1. The van der Waals surface area contributed by atoms with Crippen LogP contribution in [-0.2, 0) is 9.47 Å². The molecule has 1 rings (SSSR count). The predicted octanol–water partition coefficient (Wildman–Crippen LogP) is 4.04. The Hall–Kier alpha value is -2.30. The lowest BCUT2D eigenvalue weighted by Gasteiger charge is -2.24. The second kappa shape index (κ2) is 8.52. The van der Waals surface area contributed by atoms with E-state index in [-0.39, 0.29) is 17.9 Å². The van der Waals surface area contributed by atoms with Crippen molar-refractivity contribution < 1.29 is 19.1 Å². The van der Waals surface area contributed by atoms with Crippen LogP contribution in [-0.4, -0.2) is 30.8 Å². The molecule has 24 heavy (non-hydrogen) atoms. The Morgan fingerprint density at radius 2 is 1.88 bits per heavy atom. The van der Waals surface area contributed by atoms with E-state index < -0.39 is 11.7 Å². The quantitative estimate of drug-likeness (QED) is 0.826. The van der Waals surface area contributed by atoms with Crippen LogP contribution in [0, 0.1) is 5.92 Å². The first-order valence-corrected chi connectivity index (χ1v) is 7.98. The van der Waals surface area contributed by atoms with E-state index in [1.165, 1.54) is 7.11 Å². The predicted molar refractivity (Wildman–Crippen MR) is 94.8 cm³/mol. The fourth-order valence-electron chi connectivity index (χ4n) is 1.98. The van der Waals surface area contributed by atoms with Crippen LogP contribution in [0.25, 0.3) is 6.08 Å². The lowest BCUT2D eigenvalue weighted by Crippen LogP contribution is -2.40. The Morgan fingerprint density at radius 3 is 2.42 bits per heavy atom. The third-order valence-corrected chi connectivity index (χ3v) is 3.21. The molecule has 0 heterocycles. The van der Waals surface area contributed by atoms with Gasteiger partial charge in [0.25, 0.3) is 0 Å². The fraction of sp³-hybridized carbons (Fsp3) is 0.474. The van der Waals surface area contributed by atoms with Gasteiger partial charge in [-0.2, -0.15) is 0 Å². The van der Waals surface area contributed by atoms with Crippen LogP contribution in [0.4, 0.5) is 4.79 Å².